The number of aromatic nitrogens is 1. The summed E-state index contributed by atoms with van der Waals surface area (Å²) in [4.78, 5) is 25.2. The summed E-state index contributed by atoms with van der Waals surface area (Å²) in [5, 5.41) is 0. The van der Waals surface area contributed by atoms with E-state index in [1.54, 1.807) is 23.1 Å². The summed E-state index contributed by atoms with van der Waals surface area (Å²) in [5.41, 5.74) is 1.74. The number of amides is 1. The highest BCUT2D eigenvalue weighted by atomic mass is 32.2. The molecular weight excluding hydrogens is 422 g/mol. The van der Waals surface area contributed by atoms with Crippen molar-refractivity contribution in [3.8, 4) is 0 Å². The molecule has 1 aromatic heterocycles. The van der Waals surface area contributed by atoms with Crippen LogP contribution in [0.5, 0.6) is 0 Å². The van der Waals surface area contributed by atoms with Gasteiger partial charge >= 0.3 is 0 Å². The van der Waals surface area contributed by atoms with Gasteiger partial charge < -0.3 is 4.90 Å². The first-order valence-corrected chi connectivity index (χ1v) is 12.6. The summed E-state index contributed by atoms with van der Waals surface area (Å²) in [7, 11) is 0. The molecule has 0 aliphatic carbocycles. The van der Waals surface area contributed by atoms with Gasteiger partial charge in [-0.3, -0.25) is 9.69 Å². The number of nitrogens with zero attached hydrogens (tertiary/aromatic N) is 3. The van der Waals surface area contributed by atoms with Crippen molar-refractivity contribution in [2.75, 3.05) is 18.0 Å². The van der Waals surface area contributed by atoms with Gasteiger partial charge in [0.1, 0.15) is 0 Å². The van der Waals surface area contributed by atoms with E-state index in [-0.39, 0.29) is 11.9 Å². The number of anilines is 1. The van der Waals surface area contributed by atoms with Crippen LogP contribution in [-0.2, 0) is 0 Å². The van der Waals surface area contributed by atoms with E-state index in [4.69, 9.17) is 0 Å². The lowest BCUT2D eigenvalue weighted by Gasteiger charge is -2.53. The van der Waals surface area contributed by atoms with Gasteiger partial charge in [-0.15, -0.1) is 11.3 Å². The first-order valence-electron chi connectivity index (χ1n) is 10.9. The molecule has 0 N–H and O–H groups in total. The molecule has 0 saturated carbocycles. The number of fused-ring (bicyclic) bond motifs is 3. The van der Waals surface area contributed by atoms with E-state index in [1.807, 2.05) is 48.7 Å². The van der Waals surface area contributed by atoms with Crippen LogP contribution in [0.1, 0.15) is 35.0 Å². The zero-order valence-corrected chi connectivity index (χ0v) is 19.5. The molecule has 3 saturated heterocycles. The van der Waals surface area contributed by atoms with Crippen molar-refractivity contribution >= 4 is 34.7 Å². The second-order valence-corrected chi connectivity index (χ2v) is 11.0. The molecule has 1 amide bonds. The second-order valence-electron chi connectivity index (χ2n) is 8.48. The Labute approximate surface area is 192 Å². The molecule has 2 bridgehead atoms. The molecule has 0 radical (unpaired) electrons. The Hall–Kier alpha value is -2.15. The fraction of sp³-hybridized carbons (Fsp3) is 0.360. The number of hydrogen-bond acceptors (Lipinski definition) is 5. The summed E-state index contributed by atoms with van der Waals surface area (Å²) in [6, 6.07) is 18.8. The van der Waals surface area contributed by atoms with Crippen LogP contribution in [-0.4, -0.2) is 41.0 Å². The van der Waals surface area contributed by atoms with Crippen LogP contribution in [0.15, 0.2) is 70.0 Å². The van der Waals surface area contributed by atoms with E-state index < -0.39 is 0 Å². The molecule has 6 rings (SSSR count). The van der Waals surface area contributed by atoms with Crippen molar-refractivity contribution in [1.82, 2.24) is 9.88 Å². The van der Waals surface area contributed by atoms with Crippen LogP contribution in [0, 0.1) is 12.8 Å². The number of para-hydroxylation sites is 1. The maximum atomic E-state index is 13.8. The van der Waals surface area contributed by atoms with Crippen LogP contribution < -0.4 is 4.90 Å². The predicted octanol–water partition coefficient (Wildman–Crippen LogP) is 5.73. The van der Waals surface area contributed by atoms with Gasteiger partial charge in [0, 0.05) is 33.3 Å². The van der Waals surface area contributed by atoms with Crippen LogP contribution in [0.2, 0.25) is 0 Å². The lowest BCUT2D eigenvalue weighted by Crippen LogP contribution is -2.63. The van der Waals surface area contributed by atoms with E-state index in [0.29, 0.717) is 12.0 Å². The average molecular weight is 450 g/mol. The summed E-state index contributed by atoms with van der Waals surface area (Å²) < 4.78 is 1.03. The van der Waals surface area contributed by atoms with Crippen LogP contribution in [0.25, 0.3) is 0 Å². The monoisotopic (exact) mass is 449 g/mol. The van der Waals surface area contributed by atoms with Gasteiger partial charge in [-0.1, -0.05) is 30.0 Å². The Kier molecular flexibility index (Phi) is 5.87. The van der Waals surface area contributed by atoms with Gasteiger partial charge in [-0.05, 0) is 82.1 Å². The highest BCUT2D eigenvalue weighted by molar-refractivity contribution is 8.01. The number of hydrogen-bond donors (Lipinski definition) is 0. The van der Waals surface area contributed by atoms with Crippen LogP contribution in [0.3, 0.4) is 0 Å². The largest absolute Gasteiger partial charge is 0.303 e. The number of carbonyl (C=O) groups is 1. The zero-order chi connectivity index (χ0) is 21.4. The third kappa shape index (κ3) is 4.16. The molecular formula is C25H27N3OS2. The van der Waals surface area contributed by atoms with Crippen LogP contribution >= 0.6 is 23.1 Å². The van der Waals surface area contributed by atoms with Crippen molar-refractivity contribution in [2.24, 2.45) is 5.92 Å². The lowest BCUT2D eigenvalue weighted by atomic mass is 9.78. The maximum absolute atomic E-state index is 13.8. The molecule has 0 unspecified atom stereocenters. The van der Waals surface area contributed by atoms with E-state index in [0.717, 1.165) is 33.6 Å². The highest BCUT2D eigenvalue weighted by Gasteiger charge is 2.44. The van der Waals surface area contributed by atoms with E-state index in [2.05, 4.69) is 40.8 Å². The smallest absolute Gasteiger partial charge is 0.258 e. The van der Waals surface area contributed by atoms with Crippen molar-refractivity contribution in [3.05, 3.63) is 71.2 Å². The fourth-order valence-corrected chi connectivity index (χ4v) is 6.92. The SMILES string of the molecule is Cc1cnc(Sc2ccc(C(=O)N(c3ccccc3)[C@@H]3C4CCN(CC4)[C@H]3C)cc2)s1. The Morgan fingerprint density at radius 3 is 2.42 bits per heavy atom. The minimum Gasteiger partial charge on any atom is -0.303 e. The topological polar surface area (TPSA) is 36.4 Å². The molecule has 0 spiro atoms. The number of benzene rings is 2. The summed E-state index contributed by atoms with van der Waals surface area (Å²) in [5.74, 6) is 0.658. The van der Waals surface area contributed by atoms with Gasteiger partial charge in [0.05, 0.1) is 6.04 Å². The quantitative estimate of drug-likeness (QED) is 0.498. The number of aryl methyl sites for hydroxylation is 1. The predicted molar refractivity (Wildman–Crippen MR) is 128 cm³/mol. The van der Waals surface area contributed by atoms with Crippen molar-refractivity contribution in [2.45, 2.75) is 48.0 Å². The van der Waals surface area contributed by atoms with Crippen molar-refractivity contribution in [1.29, 1.82) is 0 Å². The lowest BCUT2D eigenvalue weighted by molar-refractivity contribution is 0.0327. The fourth-order valence-electron chi connectivity index (χ4n) is 5.00. The molecule has 3 aliphatic heterocycles. The van der Waals surface area contributed by atoms with Gasteiger partial charge in [0.15, 0.2) is 4.34 Å². The molecule has 6 heteroatoms. The normalized spacial score (nSPS) is 24.8. The van der Waals surface area contributed by atoms with E-state index >= 15 is 0 Å². The van der Waals surface area contributed by atoms with Crippen molar-refractivity contribution < 1.29 is 4.79 Å². The van der Waals surface area contributed by atoms with Crippen molar-refractivity contribution in [3.63, 3.8) is 0 Å². The molecule has 3 aliphatic rings. The number of piperidine rings is 3. The minimum absolute atomic E-state index is 0.0958. The molecule has 160 valence electrons. The Morgan fingerprint density at radius 2 is 1.81 bits per heavy atom. The Balaban J connectivity index is 1.43. The highest BCUT2D eigenvalue weighted by Crippen LogP contribution is 2.38. The van der Waals surface area contributed by atoms with E-state index in [1.165, 1.54) is 17.7 Å². The molecule has 4 heterocycles. The van der Waals surface area contributed by atoms with Gasteiger partial charge in [0.2, 0.25) is 0 Å². The molecule has 3 aromatic rings. The molecule has 3 fully saturated rings. The zero-order valence-electron chi connectivity index (χ0n) is 17.9. The standard InChI is InChI=1S/C25H27N3OS2/c1-17-16-26-25(30-17)31-22-10-8-20(9-11-22)24(29)28(21-6-4-3-5-7-21)23-18(2)27-14-12-19(23)13-15-27/h3-11,16,18-19,23H,12-15H2,1-2H3/t18-,23-/m0/s1. The first-order chi connectivity index (χ1) is 15.1. The van der Waals surface area contributed by atoms with Gasteiger partial charge in [0.25, 0.3) is 5.91 Å². The molecule has 2 atom stereocenters. The van der Waals surface area contributed by atoms with Gasteiger partial charge in [-0.25, -0.2) is 4.98 Å². The minimum atomic E-state index is 0.0958. The summed E-state index contributed by atoms with van der Waals surface area (Å²) in [6.07, 6.45) is 4.25. The van der Waals surface area contributed by atoms with Gasteiger partial charge in [-0.2, -0.15) is 0 Å². The number of thiazole rings is 1. The molecule has 4 nitrogen and oxygen atoms in total. The summed E-state index contributed by atoms with van der Waals surface area (Å²) >= 11 is 3.34. The second kappa shape index (κ2) is 8.77. The molecule has 31 heavy (non-hydrogen) atoms. The average Bonchev–Trinajstić information content (AvgIpc) is 3.22. The summed E-state index contributed by atoms with van der Waals surface area (Å²) in [6.45, 7) is 6.66. The first kappa shape index (κ1) is 20.7. The Bertz CT molecular complexity index is 1040. The Morgan fingerprint density at radius 1 is 1.10 bits per heavy atom. The van der Waals surface area contributed by atoms with Crippen LogP contribution in [0.4, 0.5) is 5.69 Å². The number of carbonyl (C=O) groups excluding carboxylic acids is 1. The molecule has 2 aromatic carbocycles. The third-order valence-electron chi connectivity index (χ3n) is 6.59. The number of rotatable bonds is 5. The maximum Gasteiger partial charge on any atom is 0.258 e. The third-order valence-corrected chi connectivity index (χ3v) is 8.58. The van der Waals surface area contributed by atoms with E-state index in [9.17, 15) is 4.79 Å².